The van der Waals surface area contributed by atoms with E-state index in [1.54, 1.807) is 12.1 Å². The fourth-order valence-electron chi connectivity index (χ4n) is 0.578. The number of hydrogen-bond donors (Lipinski definition) is 1. The number of hydrogen-bond acceptors (Lipinski definition) is 4. The van der Waals surface area contributed by atoms with Crippen molar-refractivity contribution in [3.05, 3.63) is 24.2 Å². The van der Waals surface area contributed by atoms with Crippen LogP contribution >= 0.6 is 0 Å². The third-order valence-electron chi connectivity index (χ3n) is 1.02. The van der Waals surface area contributed by atoms with Crippen molar-refractivity contribution in [1.82, 2.24) is 0 Å². The van der Waals surface area contributed by atoms with Gasteiger partial charge in [-0.05, 0) is 12.1 Å². The molecule has 0 radical (unpaired) electrons. The maximum Gasteiger partial charge on any atom is 0.350 e. The van der Waals surface area contributed by atoms with Crippen molar-refractivity contribution in [2.45, 2.75) is 6.61 Å². The van der Waals surface area contributed by atoms with Gasteiger partial charge in [0, 0.05) is 0 Å². The smallest absolute Gasteiger partial charge is 0.350 e. The molecule has 1 aromatic heterocycles. The second-order valence-corrected chi connectivity index (χ2v) is 1.93. The molecule has 12 heavy (non-hydrogen) atoms. The van der Waals surface area contributed by atoms with E-state index >= 15 is 0 Å². The topological polar surface area (TPSA) is 72.0 Å². The summed E-state index contributed by atoms with van der Waals surface area (Å²) >= 11 is 0. The zero-order chi connectivity index (χ0) is 8.81. The first kappa shape index (κ1) is 8.32. The number of furan rings is 1. The summed E-state index contributed by atoms with van der Waals surface area (Å²) in [6.45, 7) is 0.136. The first-order chi connectivity index (χ1) is 5.79. The largest absolute Gasteiger partial charge is 0.477 e. The van der Waals surface area contributed by atoms with Crippen LogP contribution in [0.2, 0.25) is 0 Å². The molecule has 1 heterocycles. The molecule has 0 aliphatic heterocycles. The lowest BCUT2D eigenvalue weighted by atomic mass is 10.5. The molecule has 5 nitrogen and oxygen atoms in total. The molecule has 0 saturated carbocycles. The lowest BCUT2D eigenvalue weighted by molar-refractivity contribution is -0.129. The number of nitrogens with zero attached hydrogens (tertiary/aromatic N) is 1. The minimum absolute atomic E-state index is 0.136. The fourth-order valence-corrected chi connectivity index (χ4v) is 0.578. The van der Waals surface area contributed by atoms with E-state index in [-0.39, 0.29) is 6.61 Å². The van der Waals surface area contributed by atoms with Crippen molar-refractivity contribution in [2.24, 2.45) is 5.16 Å². The lowest BCUT2D eigenvalue weighted by Gasteiger charge is -1.92. The number of carboxylic acid groups (broad SMARTS) is 1. The second kappa shape index (κ2) is 4.17. The van der Waals surface area contributed by atoms with Gasteiger partial charge in [-0.3, -0.25) is 0 Å². The lowest BCUT2D eigenvalue weighted by Crippen LogP contribution is -1.95. The average molecular weight is 169 g/mol. The molecular formula is C7H7NO4. The van der Waals surface area contributed by atoms with Gasteiger partial charge in [0.15, 0.2) is 12.8 Å². The van der Waals surface area contributed by atoms with Gasteiger partial charge in [0.1, 0.15) is 5.76 Å². The Balaban J connectivity index is 2.23. The normalized spacial score (nSPS) is 10.3. The third kappa shape index (κ3) is 2.87. The first-order valence-corrected chi connectivity index (χ1v) is 3.19. The van der Waals surface area contributed by atoms with E-state index in [0.717, 1.165) is 0 Å². The van der Waals surface area contributed by atoms with E-state index in [2.05, 4.69) is 9.99 Å². The van der Waals surface area contributed by atoms with Crippen LogP contribution in [0.4, 0.5) is 0 Å². The van der Waals surface area contributed by atoms with Crippen molar-refractivity contribution in [2.75, 3.05) is 0 Å². The minimum Gasteiger partial charge on any atom is -0.477 e. The molecule has 0 bridgehead atoms. The summed E-state index contributed by atoms with van der Waals surface area (Å²) < 4.78 is 4.89. The molecule has 0 amide bonds. The van der Waals surface area contributed by atoms with Gasteiger partial charge in [-0.1, -0.05) is 5.16 Å². The fraction of sp³-hybridized carbons (Fsp3) is 0.143. The summed E-state index contributed by atoms with van der Waals surface area (Å²) in [7, 11) is 0. The summed E-state index contributed by atoms with van der Waals surface area (Å²) in [6, 6.07) is 3.41. The van der Waals surface area contributed by atoms with E-state index in [0.29, 0.717) is 12.0 Å². The third-order valence-corrected chi connectivity index (χ3v) is 1.02. The molecule has 0 aliphatic rings. The molecular weight excluding hydrogens is 162 g/mol. The Morgan fingerprint density at radius 3 is 3.25 bits per heavy atom. The van der Waals surface area contributed by atoms with E-state index < -0.39 is 5.97 Å². The van der Waals surface area contributed by atoms with Gasteiger partial charge in [-0.15, -0.1) is 0 Å². The van der Waals surface area contributed by atoms with Crippen LogP contribution in [0, 0.1) is 0 Å². The van der Waals surface area contributed by atoms with Gasteiger partial charge in [0.2, 0.25) is 0 Å². The zero-order valence-electron chi connectivity index (χ0n) is 6.14. The van der Waals surface area contributed by atoms with Gasteiger partial charge >= 0.3 is 5.97 Å². The maximum absolute atomic E-state index is 9.91. The molecule has 0 spiro atoms. The molecule has 1 aromatic rings. The van der Waals surface area contributed by atoms with Gasteiger partial charge in [0.25, 0.3) is 0 Å². The maximum atomic E-state index is 9.91. The molecule has 0 aliphatic carbocycles. The van der Waals surface area contributed by atoms with Gasteiger partial charge in [0.05, 0.1) is 6.26 Å². The summed E-state index contributed by atoms with van der Waals surface area (Å²) in [6.07, 6.45) is 2.17. The number of oxime groups is 1. The van der Waals surface area contributed by atoms with E-state index in [4.69, 9.17) is 9.52 Å². The Morgan fingerprint density at radius 2 is 2.67 bits per heavy atom. The zero-order valence-corrected chi connectivity index (χ0v) is 6.14. The van der Waals surface area contributed by atoms with Crippen LogP contribution in [0.5, 0.6) is 0 Å². The molecule has 0 unspecified atom stereocenters. The van der Waals surface area contributed by atoms with Crippen molar-refractivity contribution >= 4 is 12.2 Å². The SMILES string of the molecule is O=C(O)C=NOCc1ccco1. The molecule has 0 aromatic carbocycles. The van der Waals surface area contributed by atoms with Crippen molar-refractivity contribution < 1.29 is 19.2 Å². The van der Waals surface area contributed by atoms with E-state index in [1.807, 2.05) is 0 Å². The highest BCUT2D eigenvalue weighted by Crippen LogP contribution is 2.00. The van der Waals surface area contributed by atoms with Crippen LogP contribution in [-0.4, -0.2) is 17.3 Å². The molecule has 5 heteroatoms. The van der Waals surface area contributed by atoms with Crippen LogP contribution in [0.3, 0.4) is 0 Å². The summed E-state index contributed by atoms with van der Waals surface area (Å²) in [5, 5.41) is 11.3. The molecule has 1 N–H and O–H groups in total. The molecule has 64 valence electrons. The summed E-state index contributed by atoms with van der Waals surface area (Å²) in [5.74, 6) is -0.549. The highest BCUT2D eigenvalue weighted by atomic mass is 16.6. The van der Waals surface area contributed by atoms with Gasteiger partial charge < -0.3 is 14.4 Å². The van der Waals surface area contributed by atoms with Crippen molar-refractivity contribution in [1.29, 1.82) is 0 Å². The van der Waals surface area contributed by atoms with Crippen LogP contribution in [0.25, 0.3) is 0 Å². The summed E-state index contributed by atoms with van der Waals surface area (Å²) in [5.41, 5.74) is 0. The van der Waals surface area contributed by atoms with Crippen LogP contribution in [-0.2, 0) is 16.2 Å². The number of aliphatic carboxylic acids is 1. The predicted octanol–water partition coefficient (Wildman–Crippen LogP) is 0.867. The van der Waals surface area contributed by atoms with Gasteiger partial charge in [-0.2, -0.15) is 0 Å². The first-order valence-electron chi connectivity index (χ1n) is 3.19. The van der Waals surface area contributed by atoms with Crippen LogP contribution in [0.15, 0.2) is 28.0 Å². The quantitative estimate of drug-likeness (QED) is 0.536. The predicted molar refractivity (Wildman–Crippen MR) is 39.6 cm³/mol. The average Bonchev–Trinajstić information content (AvgIpc) is 2.49. The van der Waals surface area contributed by atoms with Crippen molar-refractivity contribution in [3.63, 3.8) is 0 Å². The second-order valence-electron chi connectivity index (χ2n) is 1.93. The minimum atomic E-state index is -1.14. The Morgan fingerprint density at radius 1 is 1.83 bits per heavy atom. The Hall–Kier alpha value is -1.78. The molecule has 0 atom stereocenters. The van der Waals surface area contributed by atoms with Gasteiger partial charge in [-0.25, -0.2) is 4.79 Å². The Bertz CT molecular complexity index is 265. The monoisotopic (exact) mass is 169 g/mol. The summed E-state index contributed by atoms with van der Waals surface area (Å²) in [4.78, 5) is 14.5. The van der Waals surface area contributed by atoms with Crippen LogP contribution < -0.4 is 0 Å². The van der Waals surface area contributed by atoms with Crippen molar-refractivity contribution in [3.8, 4) is 0 Å². The standard InChI is InChI=1S/C7H7NO4/c9-7(10)4-8-12-5-6-2-1-3-11-6/h1-4H,5H2,(H,9,10). The number of carbonyl (C=O) groups is 1. The van der Waals surface area contributed by atoms with E-state index in [9.17, 15) is 4.79 Å². The number of carboxylic acids is 1. The Kier molecular flexibility index (Phi) is 2.89. The molecule has 0 saturated heterocycles. The Labute approximate surface area is 68.2 Å². The van der Waals surface area contributed by atoms with E-state index in [1.165, 1.54) is 6.26 Å². The number of rotatable bonds is 4. The highest BCUT2D eigenvalue weighted by Gasteiger charge is 1.93. The highest BCUT2D eigenvalue weighted by molar-refractivity contribution is 6.21. The molecule has 1 rings (SSSR count). The molecule has 0 fully saturated rings. The van der Waals surface area contributed by atoms with Crippen LogP contribution in [0.1, 0.15) is 5.76 Å².